The van der Waals surface area contributed by atoms with Crippen LogP contribution in [0.25, 0.3) is 22.8 Å². The fourth-order valence-electron chi connectivity index (χ4n) is 3.96. The van der Waals surface area contributed by atoms with Crippen LogP contribution in [0.1, 0.15) is 29.7 Å². The summed E-state index contributed by atoms with van der Waals surface area (Å²) in [6.45, 7) is 4.11. The zero-order valence-electron chi connectivity index (χ0n) is 18.6. The van der Waals surface area contributed by atoms with E-state index in [1.807, 2.05) is 104 Å². The van der Waals surface area contributed by atoms with Gasteiger partial charge in [-0.2, -0.15) is 0 Å². The number of pyridine rings is 5. The molecule has 5 rings (SSSR count). The third-order valence-electron chi connectivity index (χ3n) is 5.78. The standard InChI is InChI=1S/C28H23N5/c1-20-10-7-12-23(31-20)24-14-9-17-27(33-24)28(2,25-15-4-6-19-30-25)26-16-8-13-22(32-26)21-11-3-5-18-29-21/h3-19H,1-2H3/t28-/m0/s1. The zero-order valence-corrected chi connectivity index (χ0v) is 18.6. The third kappa shape index (κ3) is 4.01. The Labute approximate surface area is 193 Å². The topological polar surface area (TPSA) is 64.5 Å². The molecule has 0 spiro atoms. The molecule has 0 aliphatic carbocycles. The molecular formula is C28H23N5. The minimum absolute atomic E-state index is 0.675. The van der Waals surface area contributed by atoms with Gasteiger partial charge in [0, 0.05) is 18.1 Å². The van der Waals surface area contributed by atoms with Gasteiger partial charge in [0.15, 0.2) is 0 Å². The molecular weight excluding hydrogens is 406 g/mol. The van der Waals surface area contributed by atoms with E-state index in [2.05, 4.69) is 16.9 Å². The Morgan fingerprint density at radius 1 is 0.485 bits per heavy atom. The first-order valence-electron chi connectivity index (χ1n) is 10.9. The maximum atomic E-state index is 5.05. The lowest BCUT2D eigenvalue weighted by atomic mass is 9.78. The average Bonchev–Trinajstić information content (AvgIpc) is 2.89. The predicted octanol–water partition coefficient (Wildman–Crippen LogP) is 5.66. The van der Waals surface area contributed by atoms with E-state index in [9.17, 15) is 0 Å². The Morgan fingerprint density at radius 2 is 1.00 bits per heavy atom. The molecule has 0 unspecified atom stereocenters. The molecule has 160 valence electrons. The van der Waals surface area contributed by atoms with E-state index >= 15 is 0 Å². The normalized spacial score (nSPS) is 12.8. The second kappa shape index (κ2) is 8.71. The van der Waals surface area contributed by atoms with Crippen LogP contribution in [-0.4, -0.2) is 24.9 Å². The first-order chi connectivity index (χ1) is 16.1. The van der Waals surface area contributed by atoms with Crippen molar-refractivity contribution in [2.24, 2.45) is 0 Å². The van der Waals surface area contributed by atoms with Crippen molar-refractivity contribution < 1.29 is 0 Å². The van der Waals surface area contributed by atoms with Gasteiger partial charge in [0.05, 0.1) is 45.3 Å². The van der Waals surface area contributed by atoms with Crippen LogP contribution in [0, 0.1) is 6.92 Å². The first kappa shape index (κ1) is 20.6. The SMILES string of the molecule is Cc1cccc(-c2cccc([C@@](C)(c3ccccn3)c3cccc(-c4ccccn4)n3)n2)n1. The summed E-state index contributed by atoms with van der Waals surface area (Å²) in [4.78, 5) is 23.9. The third-order valence-corrected chi connectivity index (χ3v) is 5.78. The molecule has 0 aromatic carbocycles. The highest BCUT2D eigenvalue weighted by Crippen LogP contribution is 2.37. The van der Waals surface area contributed by atoms with Crippen molar-refractivity contribution in [2.45, 2.75) is 19.3 Å². The van der Waals surface area contributed by atoms with Gasteiger partial charge in [0.2, 0.25) is 0 Å². The van der Waals surface area contributed by atoms with E-state index in [4.69, 9.17) is 15.0 Å². The molecule has 0 bridgehead atoms. The number of hydrogen-bond acceptors (Lipinski definition) is 5. The highest BCUT2D eigenvalue weighted by Gasteiger charge is 2.36. The van der Waals surface area contributed by atoms with Crippen LogP contribution in [0.2, 0.25) is 0 Å². The summed E-state index contributed by atoms with van der Waals surface area (Å²) in [5.74, 6) is 0. The molecule has 5 heterocycles. The van der Waals surface area contributed by atoms with Crippen molar-refractivity contribution in [3.63, 3.8) is 0 Å². The van der Waals surface area contributed by atoms with Crippen molar-refractivity contribution in [3.8, 4) is 22.8 Å². The van der Waals surface area contributed by atoms with E-state index < -0.39 is 5.41 Å². The predicted molar refractivity (Wildman–Crippen MR) is 129 cm³/mol. The van der Waals surface area contributed by atoms with Gasteiger partial charge in [-0.3, -0.25) is 15.0 Å². The molecule has 5 nitrogen and oxygen atoms in total. The van der Waals surface area contributed by atoms with Gasteiger partial charge in [0.25, 0.3) is 0 Å². The van der Waals surface area contributed by atoms with E-state index in [0.29, 0.717) is 0 Å². The highest BCUT2D eigenvalue weighted by molar-refractivity contribution is 5.57. The molecule has 0 fully saturated rings. The molecule has 0 saturated carbocycles. The molecule has 1 atom stereocenters. The number of aryl methyl sites for hydroxylation is 1. The molecule has 0 radical (unpaired) electrons. The average molecular weight is 430 g/mol. The van der Waals surface area contributed by atoms with Crippen LogP contribution < -0.4 is 0 Å². The van der Waals surface area contributed by atoms with Crippen LogP contribution in [0.3, 0.4) is 0 Å². The van der Waals surface area contributed by atoms with Gasteiger partial charge >= 0.3 is 0 Å². The maximum absolute atomic E-state index is 5.05. The Balaban J connectivity index is 1.69. The van der Waals surface area contributed by atoms with Gasteiger partial charge in [-0.25, -0.2) is 9.97 Å². The monoisotopic (exact) mass is 429 g/mol. The molecule has 0 N–H and O–H groups in total. The van der Waals surface area contributed by atoms with Crippen LogP contribution in [0.5, 0.6) is 0 Å². The Morgan fingerprint density at radius 3 is 1.58 bits per heavy atom. The van der Waals surface area contributed by atoms with Crippen molar-refractivity contribution in [1.82, 2.24) is 24.9 Å². The molecule has 0 aliphatic heterocycles. The number of aromatic nitrogens is 5. The summed E-state index contributed by atoms with van der Waals surface area (Å²) >= 11 is 0. The van der Waals surface area contributed by atoms with Crippen molar-refractivity contribution in [1.29, 1.82) is 0 Å². The number of hydrogen-bond donors (Lipinski definition) is 0. The lowest BCUT2D eigenvalue weighted by Gasteiger charge is -2.29. The van der Waals surface area contributed by atoms with E-state index in [1.165, 1.54) is 0 Å². The Kier molecular flexibility index (Phi) is 5.45. The molecule has 5 aromatic rings. The van der Waals surface area contributed by atoms with Gasteiger partial charge in [-0.15, -0.1) is 0 Å². The van der Waals surface area contributed by atoms with E-state index in [0.717, 1.165) is 45.6 Å². The molecule has 0 aliphatic rings. The summed E-state index contributed by atoms with van der Waals surface area (Å²) in [6.07, 6.45) is 3.59. The summed E-state index contributed by atoms with van der Waals surface area (Å²) in [5.41, 5.74) is 6.16. The second-order valence-corrected chi connectivity index (χ2v) is 8.04. The highest BCUT2D eigenvalue weighted by atomic mass is 14.9. The van der Waals surface area contributed by atoms with Crippen LogP contribution >= 0.6 is 0 Å². The minimum Gasteiger partial charge on any atom is -0.260 e. The van der Waals surface area contributed by atoms with Gasteiger partial charge in [-0.05, 0) is 74.5 Å². The van der Waals surface area contributed by atoms with Crippen LogP contribution in [0.4, 0.5) is 0 Å². The first-order valence-corrected chi connectivity index (χ1v) is 10.9. The van der Waals surface area contributed by atoms with Crippen LogP contribution in [-0.2, 0) is 5.41 Å². The summed E-state index contributed by atoms with van der Waals surface area (Å²) < 4.78 is 0. The molecule has 0 amide bonds. The Hall–Kier alpha value is -4.25. The molecule has 5 aromatic heterocycles. The Bertz CT molecular complexity index is 1390. The summed E-state index contributed by atoms with van der Waals surface area (Å²) in [6, 6.07) is 29.8. The number of nitrogens with zero attached hydrogens (tertiary/aromatic N) is 5. The van der Waals surface area contributed by atoms with Crippen molar-refractivity contribution >= 4 is 0 Å². The smallest absolute Gasteiger partial charge is 0.0939 e. The van der Waals surface area contributed by atoms with Crippen LogP contribution in [0.15, 0.2) is 103 Å². The maximum Gasteiger partial charge on any atom is 0.0939 e. The quantitative estimate of drug-likeness (QED) is 0.361. The van der Waals surface area contributed by atoms with Gasteiger partial charge in [-0.1, -0.05) is 30.3 Å². The lowest BCUT2D eigenvalue weighted by Crippen LogP contribution is -2.29. The lowest BCUT2D eigenvalue weighted by molar-refractivity contribution is 0.621. The van der Waals surface area contributed by atoms with E-state index in [1.54, 1.807) is 6.20 Å². The fourth-order valence-corrected chi connectivity index (χ4v) is 3.96. The molecule has 0 saturated heterocycles. The fraction of sp³-hybridized carbons (Fsp3) is 0.107. The summed E-state index contributed by atoms with van der Waals surface area (Å²) in [5, 5.41) is 0. The molecule has 5 heteroatoms. The largest absolute Gasteiger partial charge is 0.260 e. The van der Waals surface area contributed by atoms with E-state index in [-0.39, 0.29) is 0 Å². The second-order valence-electron chi connectivity index (χ2n) is 8.04. The molecule has 33 heavy (non-hydrogen) atoms. The van der Waals surface area contributed by atoms with Crippen molar-refractivity contribution in [2.75, 3.05) is 0 Å². The minimum atomic E-state index is -0.675. The van der Waals surface area contributed by atoms with Crippen molar-refractivity contribution in [3.05, 3.63) is 126 Å². The summed E-state index contributed by atoms with van der Waals surface area (Å²) in [7, 11) is 0. The van der Waals surface area contributed by atoms with Gasteiger partial charge < -0.3 is 0 Å². The van der Waals surface area contributed by atoms with Gasteiger partial charge in [0.1, 0.15) is 0 Å². The zero-order chi connectivity index (χ0) is 22.7. The number of rotatable bonds is 5.